The molecule has 2 aromatic carbocycles. The van der Waals surface area contributed by atoms with E-state index < -0.39 is 5.60 Å². The molecule has 2 aromatic rings. The van der Waals surface area contributed by atoms with Crippen molar-refractivity contribution in [3.05, 3.63) is 82.6 Å². The molecule has 0 N–H and O–H groups in total. The van der Waals surface area contributed by atoms with Gasteiger partial charge in [0.25, 0.3) is 0 Å². The summed E-state index contributed by atoms with van der Waals surface area (Å²) in [6.07, 6.45) is 3.16. The van der Waals surface area contributed by atoms with Crippen molar-refractivity contribution in [3.63, 3.8) is 0 Å². The van der Waals surface area contributed by atoms with Crippen LogP contribution in [0.5, 0.6) is 0 Å². The van der Waals surface area contributed by atoms with Crippen LogP contribution in [0.25, 0.3) is 0 Å². The summed E-state index contributed by atoms with van der Waals surface area (Å²) in [6, 6.07) is 15.5. The number of nitrogens with zero attached hydrogens (tertiary/aromatic N) is 1. The molecule has 2 nitrogen and oxygen atoms in total. The maximum Gasteiger partial charge on any atom is 0.129 e. The van der Waals surface area contributed by atoms with Gasteiger partial charge < -0.3 is 4.74 Å². The molecule has 0 radical (unpaired) electrons. The summed E-state index contributed by atoms with van der Waals surface area (Å²) in [4.78, 5) is 2.28. The number of rotatable bonds is 5. The van der Waals surface area contributed by atoms with E-state index in [0.29, 0.717) is 18.7 Å². The summed E-state index contributed by atoms with van der Waals surface area (Å²) < 4.78 is 21.7. The molecule has 1 heterocycles. The van der Waals surface area contributed by atoms with E-state index in [9.17, 15) is 4.39 Å². The van der Waals surface area contributed by atoms with Gasteiger partial charge in [-0.05, 0) is 43.5 Å². The molecule has 4 heteroatoms. The fourth-order valence-corrected chi connectivity index (χ4v) is 3.74. The van der Waals surface area contributed by atoms with Crippen molar-refractivity contribution in [2.24, 2.45) is 0 Å². The van der Waals surface area contributed by atoms with Crippen molar-refractivity contribution < 1.29 is 9.13 Å². The second-order valence-corrected chi connectivity index (χ2v) is 7.45. The summed E-state index contributed by atoms with van der Waals surface area (Å²) in [6.45, 7) is 7.34. The van der Waals surface area contributed by atoms with Gasteiger partial charge in [-0.2, -0.15) is 0 Å². The van der Waals surface area contributed by atoms with Crippen LogP contribution in [0.3, 0.4) is 0 Å². The molecular weight excluding hydrogens is 381 g/mol. The highest BCUT2D eigenvalue weighted by Crippen LogP contribution is 2.39. The fraction of sp³-hybridized carbons (Fsp3) is 0.333. The Labute approximate surface area is 157 Å². The quantitative estimate of drug-likeness (QED) is 0.584. The molecule has 132 valence electrons. The van der Waals surface area contributed by atoms with Crippen molar-refractivity contribution in [2.75, 3.05) is 13.3 Å². The van der Waals surface area contributed by atoms with Gasteiger partial charge in [-0.15, -0.1) is 6.58 Å². The van der Waals surface area contributed by atoms with Crippen LogP contribution in [0, 0.1) is 5.82 Å². The van der Waals surface area contributed by atoms with E-state index in [-0.39, 0.29) is 11.9 Å². The molecule has 1 aliphatic rings. The third-order valence-corrected chi connectivity index (χ3v) is 5.58. The first-order chi connectivity index (χ1) is 12.1. The lowest BCUT2D eigenvalue weighted by atomic mass is 9.85. The Bertz CT molecular complexity index is 723. The molecule has 0 bridgehead atoms. The van der Waals surface area contributed by atoms with Gasteiger partial charge >= 0.3 is 0 Å². The molecule has 1 fully saturated rings. The smallest absolute Gasteiger partial charge is 0.129 e. The Hall–Kier alpha value is -1.49. The molecule has 0 aliphatic carbocycles. The zero-order valence-corrected chi connectivity index (χ0v) is 16.0. The Kier molecular flexibility index (Phi) is 5.72. The first kappa shape index (κ1) is 18.3. The Morgan fingerprint density at radius 1 is 1.28 bits per heavy atom. The molecule has 1 aliphatic heterocycles. The van der Waals surface area contributed by atoms with E-state index in [1.165, 1.54) is 11.6 Å². The minimum absolute atomic E-state index is 0.209. The van der Waals surface area contributed by atoms with Gasteiger partial charge in [-0.3, -0.25) is 4.90 Å². The van der Waals surface area contributed by atoms with Crippen molar-refractivity contribution in [2.45, 2.75) is 31.4 Å². The van der Waals surface area contributed by atoms with Crippen LogP contribution in [0.1, 0.15) is 36.9 Å². The van der Waals surface area contributed by atoms with Crippen LogP contribution in [0.4, 0.5) is 4.39 Å². The molecule has 2 atom stereocenters. The molecule has 0 amide bonds. The lowest BCUT2D eigenvalue weighted by Gasteiger charge is -2.44. The number of ether oxygens (including phenoxy) is 1. The van der Waals surface area contributed by atoms with Crippen LogP contribution in [0.15, 0.2) is 65.7 Å². The minimum atomic E-state index is -0.622. The largest absolute Gasteiger partial charge is 0.354 e. The van der Waals surface area contributed by atoms with Crippen molar-refractivity contribution >= 4 is 15.9 Å². The molecule has 3 rings (SSSR count). The van der Waals surface area contributed by atoms with Crippen molar-refractivity contribution in [1.29, 1.82) is 0 Å². The maximum atomic E-state index is 14.4. The molecular formula is C21H23BrFNO. The molecule has 0 spiro atoms. The molecule has 25 heavy (non-hydrogen) atoms. The number of hydrogen-bond donors (Lipinski definition) is 0. The first-order valence-electron chi connectivity index (χ1n) is 8.55. The second-order valence-electron chi connectivity index (χ2n) is 6.53. The van der Waals surface area contributed by atoms with Gasteiger partial charge in [0.1, 0.15) is 18.1 Å². The number of benzene rings is 2. The third kappa shape index (κ3) is 3.86. The molecule has 0 saturated carbocycles. The summed E-state index contributed by atoms with van der Waals surface area (Å²) in [5, 5.41) is 0. The normalized spacial score (nSPS) is 22.5. The molecule has 0 unspecified atom stereocenters. The van der Waals surface area contributed by atoms with E-state index in [0.717, 1.165) is 17.4 Å². The monoisotopic (exact) mass is 403 g/mol. The Morgan fingerprint density at radius 3 is 2.60 bits per heavy atom. The highest BCUT2D eigenvalue weighted by atomic mass is 79.9. The maximum absolute atomic E-state index is 14.4. The van der Waals surface area contributed by atoms with Crippen LogP contribution in [-0.2, 0) is 10.3 Å². The van der Waals surface area contributed by atoms with Crippen molar-refractivity contribution in [3.8, 4) is 0 Å². The van der Waals surface area contributed by atoms with E-state index >= 15 is 0 Å². The molecule has 0 aromatic heterocycles. The van der Waals surface area contributed by atoms with E-state index in [1.807, 2.05) is 18.2 Å². The van der Waals surface area contributed by atoms with Gasteiger partial charge in [0, 0.05) is 22.6 Å². The highest BCUT2D eigenvalue weighted by Gasteiger charge is 2.39. The van der Waals surface area contributed by atoms with Gasteiger partial charge in [-0.1, -0.05) is 52.3 Å². The van der Waals surface area contributed by atoms with E-state index in [1.54, 1.807) is 6.07 Å². The van der Waals surface area contributed by atoms with Crippen LogP contribution in [0.2, 0.25) is 0 Å². The van der Waals surface area contributed by atoms with Gasteiger partial charge in [0.2, 0.25) is 0 Å². The number of hydrogen-bond acceptors (Lipinski definition) is 2. The Morgan fingerprint density at radius 2 is 2.00 bits per heavy atom. The first-order valence-corrected chi connectivity index (χ1v) is 9.34. The average Bonchev–Trinajstić information content (AvgIpc) is 2.63. The summed E-state index contributed by atoms with van der Waals surface area (Å²) in [5.41, 5.74) is 1.25. The van der Waals surface area contributed by atoms with E-state index in [4.69, 9.17) is 4.74 Å². The zero-order valence-electron chi connectivity index (χ0n) is 14.4. The predicted molar refractivity (Wildman–Crippen MR) is 103 cm³/mol. The zero-order chi connectivity index (χ0) is 17.9. The average molecular weight is 404 g/mol. The Balaban J connectivity index is 1.77. The van der Waals surface area contributed by atoms with Crippen LogP contribution in [-0.4, -0.2) is 18.2 Å². The van der Waals surface area contributed by atoms with Crippen molar-refractivity contribution in [1.82, 2.24) is 4.90 Å². The predicted octanol–water partition coefficient (Wildman–Crippen LogP) is 5.80. The SMILES string of the molecule is C=CC[C@]1(c2ccccc2F)CCN([C@@H](C)c2ccc(Br)cc2)CO1. The third-order valence-electron chi connectivity index (χ3n) is 5.05. The fourth-order valence-electron chi connectivity index (χ4n) is 3.47. The summed E-state index contributed by atoms with van der Waals surface area (Å²) >= 11 is 3.47. The van der Waals surface area contributed by atoms with Crippen LogP contribution < -0.4 is 0 Å². The van der Waals surface area contributed by atoms with Crippen LogP contribution >= 0.6 is 15.9 Å². The summed E-state index contributed by atoms with van der Waals surface area (Å²) in [5.74, 6) is -0.209. The van der Waals surface area contributed by atoms with Gasteiger partial charge in [0.15, 0.2) is 0 Å². The lowest BCUT2D eigenvalue weighted by molar-refractivity contribution is -0.153. The lowest BCUT2D eigenvalue weighted by Crippen LogP contribution is -2.45. The summed E-state index contributed by atoms with van der Waals surface area (Å²) in [7, 11) is 0. The minimum Gasteiger partial charge on any atom is -0.354 e. The number of halogens is 2. The standard InChI is InChI=1S/C21H23BrFNO/c1-3-12-21(19-6-4-5-7-20(19)23)13-14-24(15-25-21)16(2)17-8-10-18(22)11-9-17/h3-11,16H,1,12-15H2,2H3/t16-,21+/m0/s1. The second kappa shape index (κ2) is 7.81. The topological polar surface area (TPSA) is 12.5 Å². The molecule has 1 saturated heterocycles. The van der Waals surface area contributed by atoms with Gasteiger partial charge in [-0.25, -0.2) is 4.39 Å². The van der Waals surface area contributed by atoms with Gasteiger partial charge in [0.05, 0.1) is 0 Å². The highest BCUT2D eigenvalue weighted by molar-refractivity contribution is 9.10. The van der Waals surface area contributed by atoms with E-state index in [2.05, 4.69) is 58.6 Å².